The molecular formula is C17H26N6O2. The molecular weight excluding hydrogens is 320 g/mol. The van der Waals surface area contributed by atoms with Crippen LogP contribution in [0.25, 0.3) is 0 Å². The summed E-state index contributed by atoms with van der Waals surface area (Å²) in [5.74, 6) is 2.24. The molecule has 4 rings (SSSR count). The van der Waals surface area contributed by atoms with Gasteiger partial charge in [-0.15, -0.1) is 10.2 Å². The van der Waals surface area contributed by atoms with Crippen LogP contribution < -0.4 is 5.32 Å². The molecule has 2 fully saturated rings. The lowest BCUT2D eigenvalue weighted by molar-refractivity contribution is -0.136. The molecule has 0 spiro atoms. The minimum atomic E-state index is -0.314. The van der Waals surface area contributed by atoms with Gasteiger partial charge in [0, 0.05) is 45.6 Å². The van der Waals surface area contributed by atoms with E-state index < -0.39 is 0 Å². The van der Waals surface area contributed by atoms with Crippen molar-refractivity contribution in [1.82, 2.24) is 29.9 Å². The van der Waals surface area contributed by atoms with Crippen LogP contribution in [0.4, 0.5) is 0 Å². The predicted molar refractivity (Wildman–Crippen MR) is 90.6 cm³/mol. The zero-order valence-electron chi connectivity index (χ0n) is 14.6. The summed E-state index contributed by atoms with van der Waals surface area (Å²) >= 11 is 0. The van der Waals surface area contributed by atoms with Gasteiger partial charge >= 0.3 is 0 Å². The number of fused-ring (bicyclic) bond motifs is 1. The topological polar surface area (TPSA) is 83.4 Å². The molecule has 1 aromatic rings. The Hall–Kier alpha value is -1.96. The van der Waals surface area contributed by atoms with Crippen molar-refractivity contribution in [2.24, 2.45) is 0 Å². The van der Waals surface area contributed by atoms with Crippen LogP contribution in [0.1, 0.15) is 43.8 Å². The Balaban J connectivity index is 1.31. The number of rotatable bonds is 3. The van der Waals surface area contributed by atoms with Crippen molar-refractivity contribution in [3.8, 4) is 0 Å². The standard InChI is InChI=1S/C17H26N6O2/c24-16-6-5-13(18-16)17(25)22-10-8-21(9-11-22)12-15-20-19-14-4-2-1-3-7-23(14)15/h13H,1-12H2,(H,18,24). The van der Waals surface area contributed by atoms with E-state index in [1.165, 1.54) is 19.3 Å². The Labute approximate surface area is 147 Å². The van der Waals surface area contributed by atoms with Gasteiger partial charge in [0.1, 0.15) is 17.7 Å². The van der Waals surface area contributed by atoms with Crippen molar-refractivity contribution in [2.45, 2.75) is 57.7 Å². The zero-order chi connectivity index (χ0) is 17.2. The number of amides is 2. The SMILES string of the molecule is O=C1CCC(C(=O)N2CCN(Cc3nnc4n3CCCCC4)CC2)N1. The van der Waals surface area contributed by atoms with Gasteiger partial charge in [0.2, 0.25) is 11.8 Å². The third-order valence-corrected chi connectivity index (χ3v) is 5.53. The van der Waals surface area contributed by atoms with Crippen LogP contribution in [-0.4, -0.2) is 68.6 Å². The molecule has 1 atom stereocenters. The van der Waals surface area contributed by atoms with Gasteiger partial charge in [-0.1, -0.05) is 6.42 Å². The summed E-state index contributed by atoms with van der Waals surface area (Å²) in [6.07, 6.45) is 5.80. The minimum absolute atomic E-state index is 0.00974. The fourth-order valence-corrected chi connectivity index (χ4v) is 4.01. The number of nitrogens with zero attached hydrogens (tertiary/aromatic N) is 5. The molecule has 0 radical (unpaired) electrons. The number of piperazine rings is 1. The lowest BCUT2D eigenvalue weighted by Crippen LogP contribution is -2.53. The maximum Gasteiger partial charge on any atom is 0.245 e. The third kappa shape index (κ3) is 3.53. The second-order valence-corrected chi connectivity index (χ2v) is 7.25. The van der Waals surface area contributed by atoms with Gasteiger partial charge in [-0.2, -0.15) is 0 Å². The molecule has 2 amide bonds. The molecule has 8 heteroatoms. The van der Waals surface area contributed by atoms with E-state index in [9.17, 15) is 9.59 Å². The summed E-state index contributed by atoms with van der Waals surface area (Å²) in [6.45, 7) is 4.94. The first kappa shape index (κ1) is 16.5. The monoisotopic (exact) mass is 346 g/mol. The molecule has 3 aliphatic heterocycles. The lowest BCUT2D eigenvalue weighted by atomic mass is 10.2. The van der Waals surface area contributed by atoms with Crippen molar-refractivity contribution in [2.75, 3.05) is 26.2 Å². The van der Waals surface area contributed by atoms with Gasteiger partial charge < -0.3 is 14.8 Å². The molecule has 0 bridgehead atoms. The summed E-state index contributed by atoms with van der Waals surface area (Å²) in [4.78, 5) is 28.0. The largest absolute Gasteiger partial charge is 0.344 e. The first-order chi connectivity index (χ1) is 12.2. The van der Waals surface area contributed by atoms with Gasteiger partial charge in [0.25, 0.3) is 0 Å². The van der Waals surface area contributed by atoms with Crippen molar-refractivity contribution in [3.05, 3.63) is 11.6 Å². The maximum atomic E-state index is 12.5. The van der Waals surface area contributed by atoms with Crippen LogP contribution in [0.3, 0.4) is 0 Å². The van der Waals surface area contributed by atoms with Crippen LogP contribution in [0, 0.1) is 0 Å². The normalized spacial score (nSPS) is 24.7. The summed E-state index contributed by atoms with van der Waals surface area (Å²) in [5, 5.41) is 11.5. The number of hydrogen-bond acceptors (Lipinski definition) is 5. The van der Waals surface area contributed by atoms with Crippen molar-refractivity contribution in [1.29, 1.82) is 0 Å². The van der Waals surface area contributed by atoms with E-state index in [2.05, 4.69) is 25.0 Å². The van der Waals surface area contributed by atoms with Crippen LogP contribution in [-0.2, 0) is 29.1 Å². The Morgan fingerprint density at radius 2 is 1.88 bits per heavy atom. The van der Waals surface area contributed by atoms with E-state index in [-0.39, 0.29) is 17.9 Å². The fraction of sp³-hybridized carbons (Fsp3) is 0.765. The average molecular weight is 346 g/mol. The van der Waals surface area contributed by atoms with E-state index in [1.54, 1.807) is 0 Å². The second kappa shape index (κ2) is 7.11. The second-order valence-electron chi connectivity index (χ2n) is 7.25. The molecule has 8 nitrogen and oxygen atoms in total. The highest BCUT2D eigenvalue weighted by Crippen LogP contribution is 2.17. The predicted octanol–water partition coefficient (Wildman–Crippen LogP) is -0.0727. The Morgan fingerprint density at radius 1 is 1.04 bits per heavy atom. The van der Waals surface area contributed by atoms with Crippen molar-refractivity contribution < 1.29 is 9.59 Å². The minimum Gasteiger partial charge on any atom is -0.344 e. The van der Waals surface area contributed by atoms with Gasteiger partial charge in [-0.25, -0.2) is 0 Å². The van der Waals surface area contributed by atoms with Gasteiger partial charge in [-0.3, -0.25) is 14.5 Å². The number of nitrogens with one attached hydrogen (secondary N) is 1. The van der Waals surface area contributed by atoms with Crippen molar-refractivity contribution >= 4 is 11.8 Å². The molecule has 136 valence electrons. The highest BCUT2D eigenvalue weighted by atomic mass is 16.2. The number of aryl methyl sites for hydroxylation is 1. The first-order valence-corrected chi connectivity index (χ1v) is 9.42. The Morgan fingerprint density at radius 3 is 2.64 bits per heavy atom. The molecule has 4 heterocycles. The Kier molecular flexibility index (Phi) is 4.70. The number of hydrogen-bond donors (Lipinski definition) is 1. The van der Waals surface area contributed by atoms with E-state index in [1.807, 2.05) is 4.90 Å². The fourth-order valence-electron chi connectivity index (χ4n) is 4.01. The molecule has 0 aromatic carbocycles. The zero-order valence-corrected chi connectivity index (χ0v) is 14.6. The summed E-state index contributed by atoms with van der Waals surface area (Å²) in [5.41, 5.74) is 0. The molecule has 0 aliphatic carbocycles. The summed E-state index contributed by atoms with van der Waals surface area (Å²) < 4.78 is 2.29. The quantitative estimate of drug-likeness (QED) is 0.828. The van der Waals surface area contributed by atoms with Crippen LogP contribution in [0.5, 0.6) is 0 Å². The summed E-state index contributed by atoms with van der Waals surface area (Å²) in [7, 11) is 0. The van der Waals surface area contributed by atoms with E-state index in [0.29, 0.717) is 25.9 Å². The number of carbonyl (C=O) groups is 2. The summed E-state index contributed by atoms with van der Waals surface area (Å²) in [6, 6.07) is -0.314. The lowest BCUT2D eigenvalue weighted by Gasteiger charge is -2.35. The van der Waals surface area contributed by atoms with Gasteiger partial charge in [0.15, 0.2) is 0 Å². The highest BCUT2D eigenvalue weighted by Gasteiger charge is 2.32. The molecule has 3 aliphatic rings. The van der Waals surface area contributed by atoms with Gasteiger partial charge in [-0.05, 0) is 19.3 Å². The number of carbonyl (C=O) groups excluding carboxylic acids is 2. The molecule has 1 N–H and O–H groups in total. The molecule has 25 heavy (non-hydrogen) atoms. The van der Waals surface area contributed by atoms with E-state index in [4.69, 9.17) is 0 Å². The molecule has 1 unspecified atom stereocenters. The van der Waals surface area contributed by atoms with Crippen LogP contribution in [0.2, 0.25) is 0 Å². The highest BCUT2D eigenvalue weighted by molar-refractivity contribution is 5.90. The Bertz CT molecular complexity index is 650. The molecule has 2 saturated heterocycles. The smallest absolute Gasteiger partial charge is 0.245 e. The number of aromatic nitrogens is 3. The van der Waals surface area contributed by atoms with Crippen LogP contribution in [0.15, 0.2) is 0 Å². The molecule has 1 aromatic heterocycles. The molecule has 0 saturated carbocycles. The van der Waals surface area contributed by atoms with E-state index in [0.717, 1.165) is 44.2 Å². The van der Waals surface area contributed by atoms with Crippen LogP contribution >= 0.6 is 0 Å². The first-order valence-electron chi connectivity index (χ1n) is 9.42. The van der Waals surface area contributed by atoms with E-state index >= 15 is 0 Å². The maximum absolute atomic E-state index is 12.5. The average Bonchev–Trinajstić information content (AvgIpc) is 3.14. The van der Waals surface area contributed by atoms with Gasteiger partial charge in [0.05, 0.1) is 6.54 Å². The van der Waals surface area contributed by atoms with Crippen molar-refractivity contribution in [3.63, 3.8) is 0 Å². The third-order valence-electron chi connectivity index (χ3n) is 5.53.